The van der Waals surface area contributed by atoms with Gasteiger partial charge in [-0.2, -0.15) is 5.10 Å². The van der Waals surface area contributed by atoms with Gasteiger partial charge in [-0.05, 0) is 73.5 Å². The molecule has 4 aromatic rings. The number of nitrogens with one attached hydrogen (secondary N) is 1. The zero-order chi connectivity index (χ0) is 22.1. The molecule has 2 N–H and O–H groups in total. The van der Waals surface area contributed by atoms with Crippen molar-refractivity contribution in [2.75, 3.05) is 0 Å². The molecular formula is C25H22BrN3O2. The van der Waals surface area contributed by atoms with Gasteiger partial charge in [0.05, 0.1) is 11.8 Å². The maximum absolute atomic E-state index is 12.6. The molecule has 31 heavy (non-hydrogen) atoms. The molecule has 5 nitrogen and oxygen atoms in total. The Balaban J connectivity index is 1.56. The fourth-order valence-electron chi connectivity index (χ4n) is 3.71. The molecule has 0 unspecified atom stereocenters. The molecule has 0 aliphatic rings. The van der Waals surface area contributed by atoms with E-state index in [1.165, 1.54) is 0 Å². The fourth-order valence-corrected chi connectivity index (χ4v) is 3.96. The molecule has 0 atom stereocenters. The number of carbonyl (C=O) groups is 1. The summed E-state index contributed by atoms with van der Waals surface area (Å²) in [5, 5.41) is 16.1. The SMILES string of the molecule is Cc1cc(-n2c(C)cc(C=NNC(=O)c3cc4ccccc4cc3O)c2C)ccc1Br. The minimum absolute atomic E-state index is 0.0739. The second-order valence-corrected chi connectivity index (χ2v) is 8.37. The zero-order valence-electron chi connectivity index (χ0n) is 17.5. The number of fused-ring (bicyclic) bond motifs is 1. The van der Waals surface area contributed by atoms with Gasteiger partial charge in [0.2, 0.25) is 0 Å². The molecule has 0 saturated heterocycles. The largest absolute Gasteiger partial charge is 0.507 e. The van der Waals surface area contributed by atoms with Crippen molar-refractivity contribution in [2.45, 2.75) is 20.8 Å². The van der Waals surface area contributed by atoms with E-state index in [9.17, 15) is 9.90 Å². The lowest BCUT2D eigenvalue weighted by atomic mass is 10.1. The zero-order valence-corrected chi connectivity index (χ0v) is 19.1. The van der Waals surface area contributed by atoms with Crippen LogP contribution in [0.4, 0.5) is 0 Å². The summed E-state index contributed by atoms with van der Waals surface area (Å²) in [6.07, 6.45) is 1.63. The van der Waals surface area contributed by atoms with Crippen molar-refractivity contribution < 1.29 is 9.90 Å². The van der Waals surface area contributed by atoms with Crippen LogP contribution < -0.4 is 5.43 Å². The first kappa shape index (κ1) is 20.9. The Hall–Kier alpha value is -3.38. The maximum Gasteiger partial charge on any atom is 0.275 e. The quantitative estimate of drug-likeness (QED) is 0.289. The first-order valence-electron chi connectivity index (χ1n) is 9.86. The number of amides is 1. The summed E-state index contributed by atoms with van der Waals surface area (Å²) in [4.78, 5) is 12.6. The van der Waals surface area contributed by atoms with E-state index < -0.39 is 5.91 Å². The van der Waals surface area contributed by atoms with Crippen LogP contribution in [0.5, 0.6) is 5.75 Å². The highest BCUT2D eigenvalue weighted by Crippen LogP contribution is 2.26. The number of aromatic hydroxyl groups is 1. The smallest absolute Gasteiger partial charge is 0.275 e. The number of phenolic OH excluding ortho intramolecular Hbond substituents is 1. The van der Waals surface area contributed by atoms with Crippen molar-refractivity contribution in [3.63, 3.8) is 0 Å². The molecule has 0 aliphatic heterocycles. The molecule has 156 valence electrons. The van der Waals surface area contributed by atoms with Gasteiger partial charge >= 0.3 is 0 Å². The highest BCUT2D eigenvalue weighted by molar-refractivity contribution is 9.10. The van der Waals surface area contributed by atoms with Gasteiger partial charge in [-0.1, -0.05) is 40.2 Å². The van der Waals surface area contributed by atoms with E-state index in [-0.39, 0.29) is 11.3 Å². The van der Waals surface area contributed by atoms with Crippen LogP contribution in [-0.4, -0.2) is 21.8 Å². The number of halogens is 1. The topological polar surface area (TPSA) is 66.6 Å². The number of phenols is 1. The molecule has 0 saturated carbocycles. The molecule has 1 heterocycles. The van der Waals surface area contributed by atoms with Crippen molar-refractivity contribution >= 4 is 38.8 Å². The lowest BCUT2D eigenvalue weighted by Gasteiger charge is -2.11. The number of rotatable bonds is 4. The number of carbonyl (C=O) groups excluding carboxylic acids is 1. The molecule has 0 spiro atoms. The second-order valence-electron chi connectivity index (χ2n) is 7.51. The summed E-state index contributed by atoms with van der Waals surface area (Å²) >= 11 is 3.54. The Labute approximate surface area is 189 Å². The molecule has 0 radical (unpaired) electrons. The van der Waals surface area contributed by atoms with Gasteiger partial charge in [-0.3, -0.25) is 4.79 Å². The molecular weight excluding hydrogens is 454 g/mol. The molecule has 0 bridgehead atoms. The minimum atomic E-state index is -0.461. The normalized spacial score (nSPS) is 11.4. The Morgan fingerprint density at radius 1 is 1.03 bits per heavy atom. The predicted octanol–water partition coefficient (Wildman–Crippen LogP) is 5.79. The lowest BCUT2D eigenvalue weighted by molar-refractivity contribution is 0.0952. The summed E-state index contributed by atoms with van der Waals surface area (Å²) in [6, 6.07) is 19.0. The van der Waals surface area contributed by atoms with E-state index >= 15 is 0 Å². The number of aryl methyl sites for hydroxylation is 2. The highest BCUT2D eigenvalue weighted by Gasteiger charge is 2.13. The molecule has 6 heteroatoms. The number of hydrogen-bond acceptors (Lipinski definition) is 3. The van der Waals surface area contributed by atoms with Gasteiger partial charge in [-0.15, -0.1) is 0 Å². The Bertz CT molecular complexity index is 1340. The van der Waals surface area contributed by atoms with E-state index in [1.54, 1.807) is 18.3 Å². The lowest BCUT2D eigenvalue weighted by Crippen LogP contribution is -2.17. The molecule has 0 fully saturated rings. The van der Waals surface area contributed by atoms with Crippen LogP contribution in [0.1, 0.15) is 32.9 Å². The van der Waals surface area contributed by atoms with Crippen molar-refractivity contribution in [2.24, 2.45) is 5.10 Å². The molecule has 1 aromatic heterocycles. The first-order valence-corrected chi connectivity index (χ1v) is 10.6. The van der Waals surface area contributed by atoms with Gasteiger partial charge in [0.15, 0.2) is 0 Å². The monoisotopic (exact) mass is 475 g/mol. The van der Waals surface area contributed by atoms with E-state index in [0.717, 1.165) is 43.4 Å². The third-order valence-electron chi connectivity index (χ3n) is 5.35. The van der Waals surface area contributed by atoms with Crippen LogP contribution >= 0.6 is 15.9 Å². The average molecular weight is 476 g/mol. The summed E-state index contributed by atoms with van der Waals surface area (Å²) in [5.41, 5.74) is 7.92. The van der Waals surface area contributed by atoms with Crippen molar-refractivity contribution in [1.29, 1.82) is 0 Å². The molecule has 1 amide bonds. The number of aromatic nitrogens is 1. The summed E-state index contributed by atoms with van der Waals surface area (Å²) in [6.45, 7) is 6.11. The van der Waals surface area contributed by atoms with Crippen molar-refractivity contribution in [3.8, 4) is 11.4 Å². The van der Waals surface area contributed by atoms with Gasteiger partial charge in [-0.25, -0.2) is 5.43 Å². The van der Waals surface area contributed by atoms with Crippen LogP contribution in [0.2, 0.25) is 0 Å². The van der Waals surface area contributed by atoms with Gasteiger partial charge in [0.25, 0.3) is 5.91 Å². The van der Waals surface area contributed by atoms with Crippen LogP contribution in [0.3, 0.4) is 0 Å². The number of hydrogen-bond donors (Lipinski definition) is 2. The number of benzene rings is 3. The van der Waals surface area contributed by atoms with E-state index in [1.807, 2.05) is 50.2 Å². The number of nitrogens with zero attached hydrogens (tertiary/aromatic N) is 2. The molecule has 4 rings (SSSR count). The van der Waals surface area contributed by atoms with Gasteiger partial charge in [0, 0.05) is 27.1 Å². The van der Waals surface area contributed by atoms with E-state index in [0.29, 0.717) is 0 Å². The van der Waals surface area contributed by atoms with Crippen LogP contribution in [0.25, 0.3) is 16.5 Å². The highest BCUT2D eigenvalue weighted by atomic mass is 79.9. The van der Waals surface area contributed by atoms with Crippen LogP contribution in [0, 0.1) is 20.8 Å². The Morgan fingerprint density at radius 3 is 2.45 bits per heavy atom. The minimum Gasteiger partial charge on any atom is -0.507 e. The predicted molar refractivity (Wildman–Crippen MR) is 128 cm³/mol. The molecule has 0 aliphatic carbocycles. The van der Waals surface area contributed by atoms with E-state index in [4.69, 9.17) is 0 Å². The van der Waals surface area contributed by atoms with Gasteiger partial charge in [0.1, 0.15) is 5.75 Å². The summed E-state index contributed by atoms with van der Waals surface area (Å²) in [7, 11) is 0. The van der Waals surface area contributed by atoms with Crippen molar-refractivity contribution in [3.05, 3.63) is 93.2 Å². The number of hydrazone groups is 1. The van der Waals surface area contributed by atoms with Crippen molar-refractivity contribution in [1.82, 2.24) is 9.99 Å². The summed E-state index contributed by atoms with van der Waals surface area (Å²) in [5.74, 6) is -0.535. The second kappa shape index (κ2) is 8.40. The summed E-state index contributed by atoms with van der Waals surface area (Å²) < 4.78 is 3.22. The van der Waals surface area contributed by atoms with Crippen LogP contribution in [-0.2, 0) is 0 Å². The maximum atomic E-state index is 12.6. The Kier molecular flexibility index (Phi) is 5.65. The van der Waals surface area contributed by atoms with Gasteiger partial charge < -0.3 is 9.67 Å². The van der Waals surface area contributed by atoms with E-state index in [2.05, 4.69) is 50.1 Å². The fraction of sp³-hybridized carbons (Fsp3) is 0.120. The molecule has 3 aromatic carbocycles. The first-order chi connectivity index (χ1) is 14.8. The van der Waals surface area contributed by atoms with Crippen LogP contribution in [0.15, 0.2) is 70.2 Å². The Morgan fingerprint density at radius 2 is 1.74 bits per heavy atom. The average Bonchev–Trinajstić information content (AvgIpc) is 3.02. The third kappa shape index (κ3) is 4.11. The third-order valence-corrected chi connectivity index (χ3v) is 6.24. The standard InChI is InChI=1S/C25H22BrN3O2/c1-15-10-21(8-9-23(15)26)29-16(2)11-20(17(29)3)14-27-28-25(31)22-12-18-6-4-5-7-19(18)13-24(22)30/h4-14,30H,1-3H3,(H,28,31).